The number of hydrogen-bond donors (Lipinski definition) is 0. The Balaban J connectivity index is 3.16. The first-order valence-electron chi connectivity index (χ1n) is 4.57. The van der Waals surface area contributed by atoms with Gasteiger partial charge in [-0.1, -0.05) is 5.46 Å². The molecule has 5 heteroatoms. The summed E-state index contributed by atoms with van der Waals surface area (Å²) in [6, 6.07) is 2.76. The first-order chi connectivity index (χ1) is 6.99. The van der Waals surface area contributed by atoms with Gasteiger partial charge < -0.3 is 0 Å². The molecule has 0 bridgehead atoms. The normalized spacial score (nSPS) is 10.1. The van der Waals surface area contributed by atoms with Gasteiger partial charge in [0, 0.05) is 12.6 Å². The van der Waals surface area contributed by atoms with Crippen molar-refractivity contribution in [1.29, 1.82) is 0 Å². The number of benzene rings is 1. The minimum atomic E-state index is -0.302. The molecule has 80 valence electrons. The Labute approximate surface area is 89.2 Å². The summed E-state index contributed by atoms with van der Waals surface area (Å²) in [5, 5.41) is 1.11. The molecule has 0 saturated carbocycles. The average molecular weight is 209 g/mol. The second-order valence-electron chi connectivity index (χ2n) is 3.33. The van der Waals surface area contributed by atoms with E-state index in [0.29, 0.717) is 16.6 Å². The van der Waals surface area contributed by atoms with Crippen molar-refractivity contribution in [1.82, 2.24) is 5.06 Å². The summed E-state index contributed by atoms with van der Waals surface area (Å²) >= 11 is 0. The van der Waals surface area contributed by atoms with Crippen LogP contribution in [0.5, 0.6) is 0 Å². The van der Waals surface area contributed by atoms with Crippen molar-refractivity contribution in [3.8, 4) is 0 Å². The van der Waals surface area contributed by atoms with Crippen LogP contribution in [0, 0.1) is 12.7 Å². The first kappa shape index (κ1) is 11.7. The van der Waals surface area contributed by atoms with Crippen molar-refractivity contribution in [2.24, 2.45) is 0 Å². The van der Waals surface area contributed by atoms with Crippen LogP contribution in [0.15, 0.2) is 12.1 Å². The number of carbonyl (C=O) groups is 1. The lowest BCUT2D eigenvalue weighted by Gasteiger charge is -2.16. The van der Waals surface area contributed by atoms with Gasteiger partial charge in [0.2, 0.25) is 0 Å². The van der Waals surface area contributed by atoms with E-state index < -0.39 is 0 Å². The third-order valence-electron chi connectivity index (χ3n) is 2.51. The molecule has 0 aliphatic heterocycles. The monoisotopic (exact) mass is 209 g/mol. The lowest BCUT2D eigenvalue weighted by Crippen LogP contribution is -2.31. The van der Waals surface area contributed by atoms with Crippen LogP contribution in [0.3, 0.4) is 0 Å². The molecule has 0 spiro atoms. The molecule has 1 aromatic rings. The van der Waals surface area contributed by atoms with E-state index in [1.54, 1.807) is 14.8 Å². The Morgan fingerprint density at radius 3 is 2.67 bits per heavy atom. The van der Waals surface area contributed by atoms with Crippen molar-refractivity contribution in [2.75, 3.05) is 14.2 Å². The third kappa shape index (κ3) is 2.18. The quantitative estimate of drug-likeness (QED) is 0.507. The van der Waals surface area contributed by atoms with Gasteiger partial charge in [0.25, 0.3) is 5.91 Å². The molecule has 0 radical (unpaired) electrons. The summed E-state index contributed by atoms with van der Waals surface area (Å²) in [5.41, 5.74) is 1.59. The van der Waals surface area contributed by atoms with Crippen molar-refractivity contribution in [2.45, 2.75) is 6.92 Å². The van der Waals surface area contributed by atoms with Crippen LogP contribution in [-0.4, -0.2) is 33.0 Å². The number of halogens is 1. The molecule has 0 N–H and O–H groups in total. The molecule has 1 amide bonds. The van der Waals surface area contributed by atoms with Crippen molar-refractivity contribution < 1.29 is 14.0 Å². The minimum absolute atomic E-state index is 0.280. The van der Waals surface area contributed by atoms with Crippen LogP contribution in [0.2, 0.25) is 0 Å². The lowest BCUT2D eigenvalue weighted by atomic mass is 9.85. The zero-order chi connectivity index (χ0) is 11.6. The summed E-state index contributed by atoms with van der Waals surface area (Å²) in [4.78, 5) is 16.5. The average Bonchev–Trinajstić information content (AvgIpc) is 2.24. The van der Waals surface area contributed by atoms with E-state index in [9.17, 15) is 9.18 Å². The summed E-state index contributed by atoms with van der Waals surface area (Å²) in [6.45, 7) is 1.65. The zero-order valence-corrected chi connectivity index (χ0v) is 9.30. The van der Waals surface area contributed by atoms with Crippen LogP contribution in [0.25, 0.3) is 0 Å². The van der Waals surface area contributed by atoms with Gasteiger partial charge in [0.1, 0.15) is 13.7 Å². The van der Waals surface area contributed by atoms with Gasteiger partial charge in [-0.05, 0) is 24.6 Å². The fourth-order valence-corrected chi connectivity index (χ4v) is 1.27. The van der Waals surface area contributed by atoms with Crippen LogP contribution >= 0.6 is 0 Å². The molecule has 1 rings (SSSR count). The highest BCUT2D eigenvalue weighted by molar-refractivity contribution is 6.37. The fraction of sp³-hybridized carbons (Fsp3) is 0.300. The maximum absolute atomic E-state index is 13.1. The second kappa shape index (κ2) is 4.44. The van der Waals surface area contributed by atoms with Crippen molar-refractivity contribution in [3.05, 3.63) is 29.1 Å². The van der Waals surface area contributed by atoms with Crippen molar-refractivity contribution in [3.63, 3.8) is 0 Å². The Morgan fingerprint density at radius 1 is 1.53 bits per heavy atom. The highest BCUT2D eigenvalue weighted by atomic mass is 19.1. The fourth-order valence-electron chi connectivity index (χ4n) is 1.27. The second-order valence-corrected chi connectivity index (χ2v) is 3.33. The molecule has 0 saturated heterocycles. The summed E-state index contributed by atoms with van der Waals surface area (Å²) in [6.07, 6.45) is 0. The Kier molecular flexibility index (Phi) is 3.47. The molecule has 0 aliphatic carbocycles. The van der Waals surface area contributed by atoms with E-state index in [2.05, 4.69) is 0 Å². The van der Waals surface area contributed by atoms with Crippen LogP contribution < -0.4 is 5.46 Å². The van der Waals surface area contributed by atoms with Gasteiger partial charge in [-0.25, -0.2) is 9.45 Å². The maximum atomic E-state index is 13.1. The number of hydrogen-bond acceptors (Lipinski definition) is 2. The number of carbonyl (C=O) groups excluding carboxylic acids is 1. The number of hydroxylamine groups is 2. The molecule has 0 atom stereocenters. The third-order valence-corrected chi connectivity index (χ3v) is 2.51. The van der Waals surface area contributed by atoms with E-state index in [1.165, 1.54) is 26.3 Å². The van der Waals surface area contributed by atoms with E-state index >= 15 is 0 Å². The van der Waals surface area contributed by atoms with E-state index in [1.807, 2.05) is 0 Å². The molecule has 3 nitrogen and oxygen atoms in total. The molecule has 0 unspecified atom stereocenters. The highest BCUT2D eigenvalue weighted by Gasteiger charge is 2.16. The van der Waals surface area contributed by atoms with Crippen LogP contribution in [-0.2, 0) is 4.84 Å². The molecule has 0 heterocycles. The largest absolute Gasteiger partial charge is 0.276 e. The molecule has 15 heavy (non-hydrogen) atoms. The molecule has 0 fully saturated rings. The van der Waals surface area contributed by atoms with Gasteiger partial charge in [0.05, 0.1) is 7.11 Å². The van der Waals surface area contributed by atoms with Crippen LogP contribution in [0.1, 0.15) is 15.9 Å². The highest BCUT2D eigenvalue weighted by Crippen LogP contribution is 2.07. The maximum Gasteiger partial charge on any atom is 0.276 e. The molecule has 0 aliphatic rings. The van der Waals surface area contributed by atoms with Crippen molar-refractivity contribution >= 4 is 19.2 Å². The Hall–Kier alpha value is -1.36. The lowest BCUT2D eigenvalue weighted by molar-refractivity contribution is -0.0756. The number of nitrogens with zero attached hydrogens (tertiary/aromatic N) is 1. The smallest absolute Gasteiger partial charge is 0.274 e. The first-order valence-corrected chi connectivity index (χ1v) is 4.57. The van der Waals surface area contributed by atoms with Gasteiger partial charge in [0.15, 0.2) is 0 Å². The predicted octanol–water partition coefficient (Wildman–Crippen LogP) is 0.0259. The van der Waals surface area contributed by atoms with Gasteiger partial charge in [-0.15, -0.1) is 0 Å². The summed E-state index contributed by atoms with van der Waals surface area (Å²) < 4.78 is 13.1. The van der Waals surface area contributed by atoms with Gasteiger partial charge in [-0.3, -0.25) is 9.63 Å². The summed E-state index contributed by atoms with van der Waals surface area (Å²) in [7, 11) is 4.64. The standard InChI is InChI=1S/C10H13BFNO2/c1-6-8(12)5-4-7(9(6)11)10(14)13(2)15-3/h4-5H,11H2,1-3H3. The molecule has 0 aromatic heterocycles. The zero-order valence-electron chi connectivity index (χ0n) is 9.30. The molecular weight excluding hydrogens is 196 g/mol. The summed E-state index contributed by atoms with van der Waals surface area (Å²) in [5.74, 6) is -0.581. The van der Waals surface area contributed by atoms with Gasteiger partial charge >= 0.3 is 0 Å². The number of rotatable bonds is 2. The topological polar surface area (TPSA) is 29.5 Å². The minimum Gasteiger partial charge on any atom is -0.274 e. The molecular formula is C10H13BFNO2. The van der Waals surface area contributed by atoms with E-state index in [4.69, 9.17) is 4.84 Å². The van der Waals surface area contributed by atoms with Gasteiger partial charge in [-0.2, -0.15) is 0 Å². The molecule has 1 aromatic carbocycles. The van der Waals surface area contributed by atoms with Crippen LogP contribution in [0.4, 0.5) is 4.39 Å². The Bertz CT molecular complexity index is 395. The number of amides is 1. The Morgan fingerprint density at radius 2 is 2.13 bits per heavy atom. The van der Waals surface area contributed by atoms with E-state index in [-0.39, 0.29) is 11.7 Å². The van der Waals surface area contributed by atoms with E-state index in [0.717, 1.165) is 5.06 Å². The predicted molar refractivity (Wildman–Crippen MR) is 58.4 cm³/mol. The SMILES string of the molecule is Bc1c(C(=O)N(C)OC)ccc(F)c1C.